The summed E-state index contributed by atoms with van der Waals surface area (Å²) in [7, 11) is 0. The molecule has 0 aromatic heterocycles. The number of carbonyl (C=O) groups is 3. The predicted molar refractivity (Wildman–Crippen MR) is 112 cm³/mol. The van der Waals surface area contributed by atoms with E-state index in [1.165, 1.54) is 13.8 Å². The maximum atomic E-state index is 12.7. The second-order valence-corrected chi connectivity index (χ2v) is 6.77. The van der Waals surface area contributed by atoms with E-state index >= 15 is 0 Å². The van der Waals surface area contributed by atoms with Crippen molar-refractivity contribution in [3.8, 4) is 0 Å². The summed E-state index contributed by atoms with van der Waals surface area (Å²) in [4.78, 5) is 34.8. The second-order valence-electron chi connectivity index (χ2n) is 6.77. The number of rotatable bonds is 4. The van der Waals surface area contributed by atoms with Crippen molar-refractivity contribution in [2.24, 2.45) is 0 Å². The van der Waals surface area contributed by atoms with Gasteiger partial charge in [-0.1, -0.05) is 24.3 Å². The third-order valence-corrected chi connectivity index (χ3v) is 4.39. The van der Waals surface area contributed by atoms with Gasteiger partial charge in [0, 0.05) is 36.4 Å². The largest absolute Gasteiger partial charge is 0.326 e. The molecular weight excluding hydrogens is 352 g/mol. The van der Waals surface area contributed by atoms with E-state index in [0.29, 0.717) is 12.8 Å². The van der Waals surface area contributed by atoms with Crippen LogP contribution in [0.3, 0.4) is 0 Å². The quantitative estimate of drug-likeness (QED) is 0.777. The Morgan fingerprint density at radius 3 is 1.39 bits per heavy atom. The van der Waals surface area contributed by atoms with Crippen LogP contribution in [0.1, 0.15) is 37.8 Å². The van der Waals surface area contributed by atoms with Gasteiger partial charge in [0.15, 0.2) is 5.78 Å². The van der Waals surface area contributed by atoms with Crippen LogP contribution in [-0.2, 0) is 14.4 Å². The fourth-order valence-electron chi connectivity index (χ4n) is 3.11. The van der Waals surface area contributed by atoms with Crippen LogP contribution >= 0.6 is 0 Å². The first-order chi connectivity index (χ1) is 13.4. The highest BCUT2D eigenvalue weighted by atomic mass is 16.2. The fourth-order valence-corrected chi connectivity index (χ4v) is 3.11. The molecule has 5 nitrogen and oxygen atoms in total. The molecule has 0 saturated heterocycles. The van der Waals surface area contributed by atoms with Crippen LogP contribution in [0.25, 0.3) is 12.2 Å². The Kier molecular flexibility index (Phi) is 5.84. The van der Waals surface area contributed by atoms with Crippen molar-refractivity contribution in [1.29, 1.82) is 0 Å². The van der Waals surface area contributed by atoms with Crippen molar-refractivity contribution in [2.75, 3.05) is 10.6 Å². The van der Waals surface area contributed by atoms with Gasteiger partial charge in [0.2, 0.25) is 11.8 Å². The lowest BCUT2D eigenvalue weighted by Crippen LogP contribution is -2.05. The van der Waals surface area contributed by atoms with Crippen LogP contribution in [0.5, 0.6) is 0 Å². The maximum absolute atomic E-state index is 12.7. The van der Waals surface area contributed by atoms with E-state index < -0.39 is 0 Å². The Labute approximate surface area is 164 Å². The van der Waals surface area contributed by atoms with E-state index in [9.17, 15) is 14.4 Å². The summed E-state index contributed by atoms with van der Waals surface area (Å²) < 4.78 is 0. The molecule has 3 rings (SSSR count). The highest BCUT2D eigenvalue weighted by Crippen LogP contribution is 2.30. The van der Waals surface area contributed by atoms with E-state index in [2.05, 4.69) is 10.6 Å². The van der Waals surface area contributed by atoms with Crippen LogP contribution in [0.4, 0.5) is 11.4 Å². The van der Waals surface area contributed by atoms with Gasteiger partial charge in [-0.15, -0.1) is 0 Å². The minimum Gasteiger partial charge on any atom is -0.326 e. The predicted octanol–water partition coefficient (Wildman–Crippen LogP) is 4.43. The molecule has 28 heavy (non-hydrogen) atoms. The Morgan fingerprint density at radius 2 is 1.07 bits per heavy atom. The van der Waals surface area contributed by atoms with E-state index in [1.807, 2.05) is 60.7 Å². The zero-order valence-electron chi connectivity index (χ0n) is 15.9. The monoisotopic (exact) mass is 374 g/mol. The van der Waals surface area contributed by atoms with Crippen molar-refractivity contribution >= 4 is 41.1 Å². The van der Waals surface area contributed by atoms with E-state index in [0.717, 1.165) is 33.6 Å². The molecule has 142 valence electrons. The van der Waals surface area contributed by atoms with Gasteiger partial charge in [0.25, 0.3) is 0 Å². The van der Waals surface area contributed by atoms with Crippen molar-refractivity contribution in [1.82, 2.24) is 0 Å². The second kappa shape index (κ2) is 8.48. The number of benzene rings is 2. The zero-order valence-corrected chi connectivity index (χ0v) is 15.9. The average molecular weight is 374 g/mol. The Hall–Kier alpha value is -3.47. The number of hydrogen-bond acceptors (Lipinski definition) is 3. The molecule has 0 heterocycles. The molecule has 2 aromatic rings. The molecule has 0 radical (unpaired) electrons. The van der Waals surface area contributed by atoms with E-state index in [4.69, 9.17) is 0 Å². The highest BCUT2D eigenvalue weighted by molar-refractivity contribution is 6.15. The van der Waals surface area contributed by atoms with Gasteiger partial charge >= 0.3 is 0 Å². The molecule has 2 amide bonds. The lowest BCUT2D eigenvalue weighted by atomic mass is 10.1. The normalized spacial score (nSPS) is 16.4. The van der Waals surface area contributed by atoms with Gasteiger partial charge in [0.1, 0.15) is 0 Å². The molecule has 1 aliphatic rings. The van der Waals surface area contributed by atoms with Gasteiger partial charge in [-0.05, 0) is 60.4 Å². The number of carbonyl (C=O) groups excluding carboxylic acids is 3. The third kappa shape index (κ3) is 5.04. The molecule has 0 atom stereocenters. The number of hydrogen-bond donors (Lipinski definition) is 2. The highest BCUT2D eigenvalue weighted by Gasteiger charge is 2.22. The Bertz CT molecular complexity index is 888. The summed E-state index contributed by atoms with van der Waals surface area (Å²) in [5.41, 5.74) is 4.89. The molecule has 0 spiro atoms. The lowest BCUT2D eigenvalue weighted by molar-refractivity contribution is -0.115. The molecule has 1 fully saturated rings. The summed E-state index contributed by atoms with van der Waals surface area (Å²) in [5.74, 6) is -0.161. The average Bonchev–Trinajstić information content (AvgIpc) is 2.97. The molecule has 1 aliphatic carbocycles. The smallest absolute Gasteiger partial charge is 0.221 e. The lowest BCUT2D eigenvalue weighted by Gasteiger charge is -2.03. The molecule has 0 bridgehead atoms. The summed E-state index contributed by atoms with van der Waals surface area (Å²) in [5, 5.41) is 5.45. The van der Waals surface area contributed by atoms with Crippen molar-refractivity contribution in [2.45, 2.75) is 26.7 Å². The van der Waals surface area contributed by atoms with Gasteiger partial charge in [-0.2, -0.15) is 0 Å². The molecule has 2 N–H and O–H groups in total. The number of anilines is 2. The van der Waals surface area contributed by atoms with Crippen LogP contribution in [0.2, 0.25) is 0 Å². The van der Waals surface area contributed by atoms with E-state index in [-0.39, 0.29) is 17.6 Å². The number of ketones is 1. The van der Waals surface area contributed by atoms with Crippen LogP contribution in [-0.4, -0.2) is 17.6 Å². The fraction of sp³-hybridized carbons (Fsp3) is 0.174. The summed E-state index contributed by atoms with van der Waals surface area (Å²) in [6.45, 7) is 2.93. The van der Waals surface area contributed by atoms with Crippen LogP contribution < -0.4 is 10.6 Å². The number of nitrogens with one attached hydrogen (secondary N) is 2. The van der Waals surface area contributed by atoms with Gasteiger partial charge < -0.3 is 10.6 Å². The first-order valence-corrected chi connectivity index (χ1v) is 9.12. The molecule has 0 aliphatic heterocycles. The SMILES string of the molecule is CC(=O)Nc1ccc(/C=C2/CC/C(=C\c3ccc(NC(C)=O)cc3)C2=O)cc1. The summed E-state index contributed by atoms with van der Waals surface area (Å²) in [6.07, 6.45) is 5.23. The number of amides is 2. The topological polar surface area (TPSA) is 75.3 Å². The number of Topliss-reactive ketones (excluding diaryl/α,β-unsaturated/α-hetero) is 1. The van der Waals surface area contributed by atoms with Crippen molar-refractivity contribution in [3.05, 3.63) is 70.8 Å². The zero-order chi connectivity index (χ0) is 20.1. The minimum atomic E-state index is -0.114. The minimum absolute atomic E-state index is 0.0666. The molecule has 2 aromatic carbocycles. The van der Waals surface area contributed by atoms with E-state index in [1.54, 1.807) is 0 Å². The third-order valence-electron chi connectivity index (χ3n) is 4.39. The Morgan fingerprint density at radius 1 is 0.714 bits per heavy atom. The van der Waals surface area contributed by atoms with Crippen LogP contribution in [0.15, 0.2) is 59.7 Å². The summed E-state index contributed by atoms with van der Waals surface area (Å²) in [6, 6.07) is 14.8. The molecule has 5 heteroatoms. The van der Waals surface area contributed by atoms with Gasteiger partial charge in [-0.3, -0.25) is 14.4 Å². The Balaban J connectivity index is 1.71. The molecular formula is C23H22N2O3. The standard InChI is InChI=1S/C23H22N2O3/c1-15(26)24-21-9-3-17(4-10-21)13-19-7-8-20(23(19)28)14-18-5-11-22(12-6-18)25-16(2)27/h3-6,9-14H,7-8H2,1-2H3,(H,24,26)(H,25,27)/b19-13-,20-14+. The van der Waals surface area contributed by atoms with Gasteiger partial charge in [0.05, 0.1) is 0 Å². The first-order valence-electron chi connectivity index (χ1n) is 9.12. The van der Waals surface area contributed by atoms with Crippen molar-refractivity contribution < 1.29 is 14.4 Å². The summed E-state index contributed by atoms with van der Waals surface area (Å²) >= 11 is 0. The van der Waals surface area contributed by atoms with Gasteiger partial charge in [-0.25, -0.2) is 0 Å². The maximum Gasteiger partial charge on any atom is 0.221 e. The van der Waals surface area contributed by atoms with Crippen molar-refractivity contribution in [3.63, 3.8) is 0 Å². The molecule has 0 unspecified atom stereocenters. The first kappa shape index (κ1) is 19.3. The molecule has 1 saturated carbocycles. The van der Waals surface area contributed by atoms with Crippen LogP contribution in [0, 0.1) is 0 Å². The number of allylic oxidation sites excluding steroid dienone is 2.